The van der Waals surface area contributed by atoms with Crippen molar-refractivity contribution in [1.82, 2.24) is 0 Å². The molecule has 1 N–H and O–H groups in total. The van der Waals surface area contributed by atoms with E-state index in [0.29, 0.717) is 0 Å². The van der Waals surface area contributed by atoms with E-state index in [1.807, 2.05) is 0 Å². The Kier molecular flexibility index (Phi) is 3.72. The van der Waals surface area contributed by atoms with Crippen molar-refractivity contribution in [2.24, 2.45) is 11.8 Å². The van der Waals surface area contributed by atoms with Crippen LogP contribution in [0.25, 0.3) is 10.8 Å². The second-order valence-electron chi connectivity index (χ2n) is 6.07. The van der Waals surface area contributed by atoms with Crippen molar-refractivity contribution < 1.29 is 0 Å². The summed E-state index contributed by atoms with van der Waals surface area (Å²) < 4.78 is 0. The van der Waals surface area contributed by atoms with Gasteiger partial charge in [0.25, 0.3) is 0 Å². The van der Waals surface area contributed by atoms with E-state index in [0.717, 1.165) is 18.4 Å². The van der Waals surface area contributed by atoms with Crippen LogP contribution in [0.1, 0.15) is 32.6 Å². The van der Waals surface area contributed by atoms with Crippen LogP contribution in [0.15, 0.2) is 42.5 Å². The minimum Gasteiger partial charge on any atom is -0.385 e. The minimum absolute atomic E-state index is 0.864. The molecule has 0 amide bonds. The maximum atomic E-state index is 3.62. The van der Waals surface area contributed by atoms with Crippen molar-refractivity contribution in [1.29, 1.82) is 0 Å². The van der Waals surface area contributed by atoms with Crippen LogP contribution < -0.4 is 5.32 Å². The smallest absolute Gasteiger partial charge is 0.0346 e. The van der Waals surface area contributed by atoms with Gasteiger partial charge in [0.2, 0.25) is 0 Å². The molecule has 1 heteroatoms. The second-order valence-corrected chi connectivity index (χ2v) is 6.07. The number of rotatable bonds is 3. The Labute approximate surface area is 116 Å². The number of anilines is 1. The van der Waals surface area contributed by atoms with Crippen LogP contribution >= 0.6 is 0 Å². The quantitative estimate of drug-likeness (QED) is 0.804. The number of nitrogens with one attached hydrogen (secondary N) is 1. The van der Waals surface area contributed by atoms with Crippen molar-refractivity contribution in [3.63, 3.8) is 0 Å². The molecule has 0 atom stereocenters. The van der Waals surface area contributed by atoms with Gasteiger partial charge in [-0.25, -0.2) is 0 Å². The number of hydrogen-bond acceptors (Lipinski definition) is 1. The summed E-state index contributed by atoms with van der Waals surface area (Å²) in [5.41, 5.74) is 1.26. The fourth-order valence-electron chi connectivity index (χ4n) is 3.09. The lowest BCUT2D eigenvalue weighted by Crippen LogP contribution is -2.20. The van der Waals surface area contributed by atoms with E-state index in [1.165, 1.54) is 42.1 Å². The average Bonchev–Trinajstić information content (AvgIpc) is 2.46. The maximum Gasteiger partial charge on any atom is 0.0346 e. The monoisotopic (exact) mass is 253 g/mol. The fourth-order valence-corrected chi connectivity index (χ4v) is 3.09. The number of benzene rings is 2. The molecule has 1 nitrogen and oxygen atoms in total. The Morgan fingerprint density at radius 3 is 2.47 bits per heavy atom. The highest BCUT2D eigenvalue weighted by molar-refractivity contribution is 5.85. The zero-order valence-electron chi connectivity index (χ0n) is 11.7. The number of hydrogen-bond donors (Lipinski definition) is 1. The van der Waals surface area contributed by atoms with Gasteiger partial charge in [0.05, 0.1) is 0 Å². The molecule has 0 saturated heterocycles. The Bertz CT molecular complexity index is 538. The highest BCUT2D eigenvalue weighted by Gasteiger charge is 2.17. The Morgan fingerprint density at radius 2 is 1.68 bits per heavy atom. The Balaban J connectivity index is 1.62. The predicted octanol–water partition coefficient (Wildman–Crippen LogP) is 5.08. The first-order valence-corrected chi connectivity index (χ1v) is 7.54. The van der Waals surface area contributed by atoms with Crippen molar-refractivity contribution in [2.75, 3.05) is 11.9 Å². The lowest BCUT2D eigenvalue weighted by molar-refractivity contribution is 0.300. The van der Waals surface area contributed by atoms with Gasteiger partial charge in [-0.1, -0.05) is 50.1 Å². The third kappa shape index (κ3) is 3.09. The summed E-state index contributed by atoms with van der Waals surface area (Å²) in [6.45, 7) is 3.51. The van der Waals surface area contributed by atoms with E-state index < -0.39 is 0 Å². The van der Waals surface area contributed by atoms with Crippen LogP contribution in [-0.4, -0.2) is 6.54 Å². The molecule has 0 radical (unpaired) electrons. The van der Waals surface area contributed by atoms with Gasteiger partial charge < -0.3 is 5.32 Å². The largest absolute Gasteiger partial charge is 0.385 e. The van der Waals surface area contributed by atoms with Crippen LogP contribution in [0.2, 0.25) is 0 Å². The highest BCUT2D eigenvalue weighted by Crippen LogP contribution is 2.28. The van der Waals surface area contributed by atoms with E-state index in [9.17, 15) is 0 Å². The van der Waals surface area contributed by atoms with Crippen molar-refractivity contribution in [2.45, 2.75) is 32.6 Å². The SMILES string of the molecule is CC1CCC(CNc2ccc3ccccc3c2)CC1. The zero-order chi connectivity index (χ0) is 13.1. The molecular weight excluding hydrogens is 230 g/mol. The molecule has 2 aromatic carbocycles. The lowest BCUT2D eigenvalue weighted by Gasteiger charge is -2.26. The predicted molar refractivity (Wildman–Crippen MR) is 83.6 cm³/mol. The van der Waals surface area contributed by atoms with Crippen LogP contribution in [-0.2, 0) is 0 Å². The average molecular weight is 253 g/mol. The molecule has 0 aromatic heterocycles. The van der Waals surface area contributed by atoms with Gasteiger partial charge in [-0.15, -0.1) is 0 Å². The summed E-state index contributed by atoms with van der Waals surface area (Å²) in [4.78, 5) is 0. The normalized spacial score (nSPS) is 23.4. The summed E-state index contributed by atoms with van der Waals surface area (Å²) in [6, 6.07) is 15.2. The van der Waals surface area contributed by atoms with Gasteiger partial charge in [-0.3, -0.25) is 0 Å². The van der Waals surface area contributed by atoms with E-state index >= 15 is 0 Å². The van der Waals surface area contributed by atoms with E-state index in [2.05, 4.69) is 54.7 Å². The van der Waals surface area contributed by atoms with E-state index in [1.54, 1.807) is 0 Å². The molecule has 19 heavy (non-hydrogen) atoms. The number of fused-ring (bicyclic) bond motifs is 1. The first-order chi connectivity index (χ1) is 9.31. The van der Waals surface area contributed by atoms with Gasteiger partial charge in [-0.05, 0) is 47.6 Å². The van der Waals surface area contributed by atoms with Gasteiger partial charge >= 0.3 is 0 Å². The van der Waals surface area contributed by atoms with Crippen LogP contribution in [0, 0.1) is 11.8 Å². The zero-order valence-corrected chi connectivity index (χ0v) is 11.7. The van der Waals surface area contributed by atoms with Crippen molar-refractivity contribution >= 4 is 16.5 Å². The molecule has 2 aromatic rings. The topological polar surface area (TPSA) is 12.0 Å². The summed E-state index contributed by atoms with van der Waals surface area (Å²) in [7, 11) is 0. The molecule has 0 bridgehead atoms. The molecule has 1 fully saturated rings. The summed E-state index contributed by atoms with van der Waals surface area (Å²) in [5, 5.41) is 6.26. The molecule has 1 saturated carbocycles. The molecule has 0 heterocycles. The van der Waals surface area contributed by atoms with Crippen molar-refractivity contribution in [3.8, 4) is 0 Å². The van der Waals surface area contributed by atoms with E-state index in [4.69, 9.17) is 0 Å². The summed E-state index contributed by atoms with van der Waals surface area (Å²) in [5.74, 6) is 1.81. The minimum atomic E-state index is 0.864. The summed E-state index contributed by atoms with van der Waals surface area (Å²) >= 11 is 0. The highest BCUT2D eigenvalue weighted by atomic mass is 14.9. The fraction of sp³-hybridized carbons (Fsp3) is 0.444. The molecule has 1 aliphatic rings. The maximum absolute atomic E-state index is 3.62. The van der Waals surface area contributed by atoms with Gasteiger partial charge in [0, 0.05) is 12.2 Å². The van der Waals surface area contributed by atoms with Gasteiger partial charge in [0.15, 0.2) is 0 Å². The third-order valence-corrected chi connectivity index (χ3v) is 4.48. The molecule has 0 aliphatic heterocycles. The van der Waals surface area contributed by atoms with E-state index in [-0.39, 0.29) is 0 Å². The molecular formula is C18H23N. The molecule has 100 valence electrons. The first-order valence-electron chi connectivity index (χ1n) is 7.54. The third-order valence-electron chi connectivity index (χ3n) is 4.48. The summed E-state index contributed by atoms with van der Waals surface area (Å²) in [6.07, 6.45) is 5.59. The standard InChI is InChI=1S/C18H23N/c1-14-6-8-15(9-7-14)13-19-18-11-10-16-4-2-3-5-17(16)12-18/h2-5,10-12,14-15,19H,6-9,13H2,1H3. The first kappa shape index (κ1) is 12.5. The van der Waals surface area contributed by atoms with Crippen LogP contribution in [0.3, 0.4) is 0 Å². The van der Waals surface area contributed by atoms with Crippen LogP contribution in [0.4, 0.5) is 5.69 Å². The lowest BCUT2D eigenvalue weighted by atomic mass is 9.83. The Morgan fingerprint density at radius 1 is 0.947 bits per heavy atom. The Hall–Kier alpha value is -1.50. The molecule has 0 spiro atoms. The second kappa shape index (κ2) is 5.64. The van der Waals surface area contributed by atoms with Crippen LogP contribution in [0.5, 0.6) is 0 Å². The molecule has 3 rings (SSSR count). The molecule has 0 unspecified atom stereocenters. The van der Waals surface area contributed by atoms with Gasteiger partial charge in [-0.2, -0.15) is 0 Å². The van der Waals surface area contributed by atoms with Gasteiger partial charge in [0.1, 0.15) is 0 Å². The van der Waals surface area contributed by atoms with Crippen molar-refractivity contribution in [3.05, 3.63) is 42.5 Å². The molecule has 1 aliphatic carbocycles.